The Morgan fingerprint density at radius 3 is 2.94 bits per heavy atom. The molecule has 6 heteroatoms. The Morgan fingerprint density at radius 1 is 1.65 bits per heavy atom. The lowest BCUT2D eigenvalue weighted by Crippen LogP contribution is -2.09. The lowest BCUT2D eigenvalue weighted by Gasteiger charge is -2.04. The van der Waals surface area contributed by atoms with Crippen LogP contribution in [0.15, 0.2) is 22.8 Å². The molecular formula is C11H12BrN3O2. The van der Waals surface area contributed by atoms with Crippen LogP contribution >= 0.6 is 15.9 Å². The maximum absolute atomic E-state index is 11.7. The fourth-order valence-electron chi connectivity index (χ4n) is 1.68. The highest BCUT2D eigenvalue weighted by atomic mass is 79.9. The molecule has 2 aromatic heterocycles. The van der Waals surface area contributed by atoms with E-state index in [4.69, 9.17) is 10.5 Å². The number of hydrogen-bond donors (Lipinski definition) is 1. The van der Waals surface area contributed by atoms with Crippen LogP contribution in [-0.4, -0.2) is 22.5 Å². The zero-order chi connectivity index (χ0) is 12.6. The van der Waals surface area contributed by atoms with Crippen LogP contribution in [0.2, 0.25) is 0 Å². The van der Waals surface area contributed by atoms with Crippen molar-refractivity contribution in [3.63, 3.8) is 0 Å². The van der Waals surface area contributed by atoms with Gasteiger partial charge in [-0.1, -0.05) is 0 Å². The van der Waals surface area contributed by atoms with Crippen molar-refractivity contribution in [3.8, 4) is 0 Å². The minimum Gasteiger partial charge on any atom is -0.464 e. The fraction of sp³-hybridized carbons (Fsp3) is 0.273. The van der Waals surface area contributed by atoms with Gasteiger partial charge in [-0.25, -0.2) is 9.78 Å². The second-order valence-corrected chi connectivity index (χ2v) is 4.53. The molecule has 5 nitrogen and oxygen atoms in total. The first kappa shape index (κ1) is 12.1. The molecule has 1 atom stereocenters. The first-order valence-corrected chi connectivity index (χ1v) is 5.86. The summed E-state index contributed by atoms with van der Waals surface area (Å²) in [5.74, 6) is 0.156. The molecule has 0 bridgehead atoms. The normalized spacial score (nSPS) is 12.7. The number of nitrogens with zero attached hydrogens (tertiary/aromatic N) is 2. The summed E-state index contributed by atoms with van der Waals surface area (Å²) in [5.41, 5.74) is 6.78. The number of esters is 1. The van der Waals surface area contributed by atoms with Crippen molar-refractivity contribution >= 4 is 27.4 Å². The number of fused-ring (bicyclic) bond motifs is 1. The zero-order valence-electron chi connectivity index (χ0n) is 9.48. The van der Waals surface area contributed by atoms with Gasteiger partial charge in [-0.05, 0) is 35.0 Å². The molecule has 0 spiro atoms. The van der Waals surface area contributed by atoms with Gasteiger partial charge in [0.25, 0.3) is 0 Å². The topological polar surface area (TPSA) is 69.6 Å². The Bertz CT molecular complexity index is 577. The number of methoxy groups -OCH3 is 1. The third kappa shape index (κ3) is 1.94. The van der Waals surface area contributed by atoms with Crippen molar-refractivity contribution < 1.29 is 9.53 Å². The summed E-state index contributed by atoms with van der Waals surface area (Å²) in [7, 11) is 1.33. The van der Waals surface area contributed by atoms with Crippen molar-refractivity contribution in [1.82, 2.24) is 9.38 Å². The molecule has 0 aliphatic heterocycles. The molecule has 2 heterocycles. The van der Waals surface area contributed by atoms with E-state index >= 15 is 0 Å². The van der Waals surface area contributed by atoms with E-state index in [0.29, 0.717) is 11.3 Å². The number of nitrogens with two attached hydrogens (primary N) is 1. The number of rotatable bonds is 2. The van der Waals surface area contributed by atoms with Crippen LogP contribution in [-0.2, 0) is 4.74 Å². The summed E-state index contributed by atoms with van der Waals surface area (Å²) in [5, 5.41) is 0. The molecule has 0 aromatic carbocycles. The van der Waals surface area contributed by atoms with Gasteiger partial charge in [0.2, 0.25) is 0 Å². The van der Waals surface area contributed by atoms with Crippen molar-refractivity contribution in [3.05, 3.63) is 34.3 Å². The highest BCUT2D eigenvalue weighted by Crippen LogP contribution is 2.25. The molecule has 2 N–H and O–H groups in total. The summed E-state index contributed by atoms with van der Waals surface area (Å²) in [4.78, 5) is 15.9. The van der Waals surface area contributed by atoms with E-state index in [0.717, 1.165) is 4.47 Å². The molecule has 1 unspecified atom stereocenters. The number of halogens is 1. The van der Waals surface area contributed by atoms with Crippen LogP contribution in [0.4, 0.5) is 0 Å². The zero-order valence-corrected chi connectivity index (χ0v) is 11.1. The lowest BCUT2D eigenvalue weighted by atomic mass is 10.3. The number of imidazole rings is 1. The summed E-state index contributed by atoms with van der Waals surface area (Å²) < 4.78 is 7.29. The summed E-state index contributed by atoms with van der Waals surface area (Å²) in [6, 6.07) is 3.43. The van der Waals surface area contributed by atoms with E-state index in [1.165, 1.54) is 7.11 Å². The molecular weight excluding hydrogens is 286 g/mol. The first-order valence-electron chi connectivity index (χ1n) is 5.06. The average molecular weight is 298 g/mol. The summed E-state index contributed by atoms with van der Waals surface area (Å²) in [6.45, 7) is 1.82. The summed E-state index contributed by atoms with van der Waals surface area (Å²) in [6.07, 6.45) is 1.82. The van der Waals surface area contributed by atoms with Gasteiger partial charge >= 0.3 is 5.97 Å². The molecule has 17 heavy (non-hydrogen) atoms. The van der Waals surface area contributed by atoms with Crippen molar-refractivity contribution in [2.45, 2.75) is 13.0 Å². The molecule has 0 aliphatic carbocycles. The molecule has 0 fully saturated rings. The van der Waals surface area contributed by atoms with Gasteiger partial charge in [0.1, 0.15) is 5.82 Å². The number of carbonyl (C=O) groups excluding carboxylic acids is 1. The van der Waals surface area contributed by atoms with E-state index in [2.05, 4.69) is 20.9 Å². The molecule has 0 saturated carbocycles. The maximum atomic E-state index is 11.7. The quantitative estimate of drug-likeness (QED) is 0.860. The predicted molar refractivity (Wildman–Crippen MR) is 66.8 cm³/mol. The smallest absolute Gasteiger partial charge is 0.358 e. The molecule has 2 aromatic rings. The van der Waals surface area contributed by atoms with E-state index < -0.39 is 5.97 Å². The largest absolute Gasteiger partial charge is 0.464 e. The number of carbonyl (C=O) groups is 1. The van der Waals surface area contributed by atoms with Gasteiger partial charge in [0.05, 0.1) is 18.7 Å². The third-order valence-electron chi connectivity index (χ3n) is 2.43. The van der Waals surface area contributed by atoms with Crippen LogP contribution in [0.5, 0.6) is 0 Å². The van der Waals surface area contributed by atoms with Crippen LogP contribution in [0.25, 0.3) is 5.52 Å². The van der Waals surface area contributed by atoms with Crippen molar-refractivity contribution in [1.29, 1.82) is 0 Å². The predicted octanol–water partition coefficient (Wildman–Crippen LogP) is 1.90. The Kier molecular flexibility index (Phi) is 3.17. The average Bonchev–Trinajstić information content (AvgIpc) is 2.69. The van der Waals surface area contributed by atoms with E-state index in [1.807, 2.05) is 25.3 Å². The Hall–Kier alpha value is -1.40. The van der Waals surface area contributed by atoms with E-state index in [-0.39, 0.29) is 11.7 Å². The molecule has 0 saturated heterocycles. The SMILES string of the molecule is COC(=O)c1nc(C(C)N)n2cccc(Br)c12. The van der Waals surface area contributed by atoms with Crippen LogP contribution in [0.3, 0.4) is 0 Å². The van der Waals surface area contributed by atoms with Gasteiger partial charge in [-0.15, -0.1) is 0 Å². The van der Waals surface area contributed by atoms with Crippen LogP contribution in [0, 0.1) is 0 Å². The Morgan fingerprint density at radius 2 is 2.35 bits per heavy atom. The van der Waals surface area contributed by atoms with Crippen LogP contribution < -0.4 is 5.73 Å². The molecule has 0 radical (unpaired) electrons. The maximum Gasteiger partial charge on any atom is 0.358 e. The molecule has 2 rings (SSSR count). The minimum atomic E-state index is -0.471. The third-order valence-corrected chi connectivity index (χ3v) is 3.07. The highest BCUT2D eigenvalue weighted by Gasteiger charge is 2.21. The highest BCUT2D eigenvalue weighted by molar-refractivity contribution is 9.10. The van der Waals surface area contributed by atoms with Gasteiger partial charge in [0, 0.05) is 10.7 Å². The van der Waals surface area contributed by atoms with Gasteiger partial charge < -0.3 is 14.9 Å². The van der Waals surface area contributed by atoms with E-state index in [1.54, 1.807) is 4.40 Å². The first-order chi connectivity index (χ1) is 8.06. The molecule has 0 amide bonds. The van der Waals surface area contributed by atoms with Gasteiger partial charge in [0.15, 0.2) is 5.69 Å². The lowest BCUT2D eigenvalue weighted by molar-refractivity contribution is 0.0596. The fourth-order valence-corrected chi connectivity index (χ4v) is 2.21. The standard InChI is InChI=1S/C11H12BrN3O2/c1-6(13)10-14-8(11(16)17-2)9-7(12)4-3-5-15(9)10/h3-6H,13H2,1-2H3. The molecule has 0 aliphatic rings. The number of hydrogen-bond acceptors (Lipinski definition) is 4. The Labute approximate surface area is 107 Å². The van der Waals surface area contributed by atoms with Gasteiger partial charge in [-0.2, -0.15) is 0 Å². The summed E-state index contributed by atoms with van der Waals surface area (Å²) >= 11 is 3.40. The van der Waals surface area contributed by atoms with Crippen molar-refractivity contribution in [2.24, 2.45) is 5.73 Å². The minimum absolute atomic E-state index is 0.268. The van der Waals surface area contributed by atoms with Crippen LogP contribution in [0.1, 0.15) is 29.3 Å². The Balaban J connectivity index is 2.80. The number of pyridine rings is 1. The molecule has 90 valence electrons. The van der Waals surface area contributed by atoms with E-state index in [9.17, 15) is 4.79 Å². The second-order valence-electron chi connectivity index (χ2n) is 3.67. The van der Waals surface area contributed by atoms with Gasteiger partial charge in [-0.3, -0.25) is 0 Å². The number of aromatic nitrogens is 2. The monoisotopic (exact) mass is 297 g/mol. The van der Waals surface area contributed by atoms with Crippen molar-refractivity contribution in [2.75, 3.05) is 7.11 Å². The number of ether oxygens (including phenoxy) is 1. The second kappa shape index (κ2) is 4.46.